The Bertz CT molecular complexity index is 739. The standard InChI is InChI=1S/C15H11FIN3/c16-14-7-2-1-4-12(14)9-20-10-18-15(19-20)11-5-3-6-13(17)8-11/h1-8,10H,9H2. The highest BCUT2D eigenvalue weighted by Gasteiger charge is 2.07. The van der Waals surface area contributed by atoms with Crippen LogP contribution < -0.4 is 0 Å². The summed E-state index contributed by atoms with van der Waals surface area (Å²) in [6.45, 7) is 0.379. The lowest BCUT2D eigenvalue weighted by atomic mass is 10.2. The lowest BCUT2D eigenvalue weighted by Gasteiger charge is -2.02. The summed E-state index contributed by atoms with van der Waals surface area (Å²) in [4.78, 5) is 4.28. The van der Waals surface area contributed by atoms with Crippen LogP contribution in [0.4, 0.5) is 4.39 Å². The van der Waals surface area contributed by atoms with Gasteiger partial charge in [0, 0.05) is 14.7 Å². The molecular formula is C15H11FIN3. The van der Waals surface area contributed by atoms with E-state index in [0.717, 1.165) is 9.13 Å². The van der Waals surface area contributed by atoms with Crippen molar-refractivity contribution >= 4 is 22.6 Å². The summed E-state index contributed by atoms with van der Waals surface area (Å²) < 4.78 is 16.4. The van der Waals surface area contributed by atoms with Gasteiger partial charge >= 0.3 is 0 Å². The van der Waals surface area contributed by atoms with Crippen LogP contribution in [0.3, 0.4) is 0 Å². The topological polar surface area (TPSA) is 30.7 Å². The molecule has 0 bridgehead atoms. The second-order valence-corrected chi connectivity index (χ2v) is 5.61. The molecule has 0 fully saturated rings. The smallest absolute Gasteiger partial charge is 0.181 e. The Morgan fingerprint density at radius 1 is 1.10 bits per heavy atom. The molecule has 100 valence electrons. The summed E-state index contributed by atoms with van der Waals surface area (Å²) >= 11 is 2.25. The molecule has 0 atom stereocenters. The van der Waals surface area contributed by atoms with Gasteiger partial charge in [-0.05, 0) is 40.8 Å². The van der Waals surface area contributed by atoms with Crippen LogP contribution in [0.2, 0.25) is 0 Å². The van der Waals surface area contributed by atoms with Gasteiger partial charge in [0.1, 0.15) is 12.1 Å². The lowest BCUT2D eigenvalue weighted by Crippen LogP contribution is -2.02. The van der Waals surface area contributed by atoms with E-state index >= 15 is 0 Å². The Morgan fingerprint density at radius 2 is 1.95 bits per heavy atom. The zero-order valence-corrected chi connectivity index (χ0v) is 12.7. The van der Waals surface area contributed by atoms with E-state index in [4.69, 9.17) is 0 Å². The first-order valence-corrected chi connectivity index (χ1v) is 7.19. The molecule has 2 aromatic carbocycles. The van der Waals surface area contributed by atoms with Gasteiger partial charge in [-0.1, -0.05) is 30.3 Å². The first-order valence-electron chi connectivity index (χ1n) is 6.11. The zero-order chi connectivity index (χ0) is 13.9. The molecule has 3 nitrogen and oxygen atoms in total. The van der Waals surface area contributed by atoms with Crippen molar-refractivity contribution in [2.24, 2.45) is 0 Å². The normalized spacial score (nSPS) is 10.7. The summed E-state index contributed by atoms with van der Waals surface area (Å²) in [5, 5.41) is 4.39. The monoisotopic (exact) mass is 379 g/mol. The summed E-state index contributed by atoms with van der Waals surface area (Å²) in [6, 6.07) is 14.7. The zero-order valence-electron chi connectivity index (χ0n) is 10.5. The van der Waals surface area contributed by atoms with Gasteiger partial charge in [0.2, 0.25) is 0 Å². The molecule has 0 amide bonds. The number of hydrogen-bond acceptors (Lipinski definition) is 2. The third-order valence-electron chi connectivity index (χ3n) is 2.91. The number of rotatable bonds is 3. The van der Waals surface area contributed by atoms with Crippen molar-refractivity contribution in [3.05, 3.63) is 69.8 Å². The number of aromatic nitrogens is 3. The number of nitrogens with zero attached hydrogens (tertiary/aromatic N) is 3. The van der Waals surface area contributed by atoms with Gasteiger partial charge in [-0.3, -0.25) is 0 Å². The SMILES string of the molecule is Fc1ccccc1Cn1cnc(-c2cccc(I)c2)n1. The van der Waals surface area contributed by atoms with E-state index in [1.165, 1.54) is 6.07 Å². The van der Waals surface area contributed by atoms with Gasteiger partial charge in [0.05, 0.1) is 6.54 Å². The highest BCUT2D eigenvalue weighted by atomic mass is 127. The molecule has 3 aromatic rings. The molecule has 0 saturated heterocycles. The van der Waals surface area contributed by atoms with Gasteiger partial charge < -0.3 is 0 Å². The fourth-order valence-corrected chi connectivity index (χ4v) is 2.47. The average Bonchev–Trinajstić information content (AvgIpc) is 2.90. The predicted molar refractivity (Wildman–Crippen MR) is 83.7 cm³/mol. The minimum absolute atomic E-state index is 0.223. The Balaban J connectivity index is 1.86. The second-order valence-electron chi connectivity index (χ2n) is 4.37. The van der Waals surface area contributed by atoms with Crippen LogP contribution in [0.5, 0.6) is 0 Å². The second kappa shape index (κ2) is 5.70. The van der Waals surface area contributed by atoms with Gasteiger partial charge in [0.15, 0.2) is 5.82 Å². The molecular weight excluding hydrogens is 368 g/mol. The summed E-state index contributed by atoms with van der Waals surface area (Å²) in [5.74, 6) is 0.429. The van der Waals surface area contributed by atoms with Crippen molar-refractivity contribution < 1.29 is 4.39 Å². The van der Waals surface area contributed by atoms with E-state index in [2.05, 4.69) is 32.7 Å². The Hall–Kier alpha value is -1.76. The molecule has 1 heterocycles. The number of benzene rings is 2. The molecule has 0 spiro atoms. The van der Waals surface area contributed by atoms with Crippen LogP contribution in [-0.4, -0.2) is 14.8 Å². The molecule has 5 heteroatoms. The molecule has 0 radical (unpaired) electrons. The highest BCUT2D eigenvalue weighted by molar-refractivity contribution is 14.1. The molecule has 1 aromatic heterocycles. The van der Waals surface area contributed by atoms with Crippen molar-refractivity contribution in [2.75, 3.05) is 0 Å². The van der Waals surface area contributed by atoms with Crippen LogP contribution >= 0.6 is 22.6 Å². The van der Waals surface area contributed by atoms with E-state index < -0.39 is 0 Å². The molecule has 0 saturated carbocycles. The fourth-order valence-electron chi connectivity index (χ4n) is 1.93. The number of halogens is 2. The maximum absolute atomic E-state index is 13.6. The van der Waals surface area contributed by atoms with E-state index in [1.807, 2.05) is 30.3 Å². The van der Waals surface area contributed by atoms with Gasteiger partial charge in [-0.25, -0.2) is 14.1 Å². The molecule has 0 aliphatic heterocycles. The van der Waals surface area contributed by atoms with E-state index in [0.29, 0.717) is 17.9 Å². The predicted octanol–water partition coefficient (Wildman–Crippen LogP) is 3.74. The maximum Gasteiger partial charge on any atom is 0.181 e. The first kappa shape index (κ1) is 13.2. The van der Waals surface area contributed by atoms with Crippen LogP contribution in [-0.2, 0) is 6.54 Å². The molecule has 0 aliphatic rings. The average molecular weight is 379 g/mol. The van der Waals surface area contributed by atoms with Crippen LogP contribution in [0.1, 0.15) is 5.56 Å². The highest BCUT2D eigenvalue weighted by Crippen LogP contribution is 2.17. The molecule has 3 rings (SSSR count). The van der Waals surface area contributed by atoms with Crippen molar-refractivity contribution in [3.8, 4) is 11.4 Å². The molecule has 0 unspecified atom stereocenters. The van der Waals surface area contributed by atoms with E-state index in [1.54, 1.807) is 23.1 Å². The summed E-state index contributed by atoms with van der Waals surface area (Å²) in [5.41, 5.74) is 1.57. The third-order valence-corrected chi connectivity index (χ3v) is 3.58. The van der Waals surface area contributed by atoms with Gasteiger partial charge in [-0.15, -0.1) is 0 Å². The van der Waals surface area contributed by atoms with Crippen LogP contribution in [0.15, 0.2) is 54.9 Å². The van der Waals surface area contributed by atoms with Crippen molar-refractivity contribution in [1.82, 2.24) is 14.8 Å². The van der Waals surface area contributed by atoms with Crippen molar-refractivity contribution in [2.45, 2.75) is 6.54 Å². The number of hydrogen-bond donors (Lipinski definition) is 0. The maximum atomic E-state index is 13.6. The largest absolute Gasteiger partial charge is 0.248 e. The van der Waals surface area contributed by atoms with Gasteiger partial charge in [-0.2, -0.15) is 5.10 Å². The minimum Gasteiger partial charge on any atom is -0.248 e. The fraction of sp³-hybridized carbons (Fsp3) is 0.0667. The first-order chi connectivity index (χ1) is 9.72. The van der Waals surface area contributed by atoms with Crippen molar-refractivity contribution in [1.29, 1.82) is 0 Å². The van der Waals surface area contributed by atoms with Gasteiger partial charge in [0.25, 0.3) is 0 Å². The third kappa shape index (κ3) is 2.87. The summed E-state index contributed by atoms with van der Waals surface area (Å²) in [6.07, 6.45) is 1.63. The Morgan fingerprint density at radius 3 is 2.75 bits per heavy atom. The Labute approximate surface area is 129 Å². The van der Waals surface area contributed by atoms with Crippen LogP contribution in [0, 0.1) is 9.39 Å². The minimum atomic E-state index is -0.223. The quantitative estimate of drug-likeness (QED) is 0.650. The molecule has 0 N–H and O–H groups in total. The van der Waals surface area contributed by atoms with Crippen LogP contribution in [0.25, 0.3) is 11.4 Å². The van der Waals surface area contributed by atoms with Crippen molar-refractivity contribution in [3.63, 3.8) is 0 Å². The Kier molecular flexibility index (Phi) is 3.77. The summed E-state index contributed by atoms with van der Waals surface area (Å²) in [7, 11) is 0. The van der Waals surface area contributed by atoms with E-state index in [-0.39, 0.29) is 5.82 Å². The lowest BCUT2D eigenvalue weighted by molar-refractivity contribution is 0.585. The molecule has 20 heavy (non-hydrogen) atoms. The van der Waals surface area contributed by atoms with E-state index in [9.17, 15) is 4.39 Å². The molecule has 0 aliphatic carbocycles.